The number of alkyl halides is 1. The number of ether oxygens (including phenoxy) is 5. The SMILES string of the molecule is C=C(C)C1Cc2c(ccc3c2OC2(CF)COc4cc(OC)c(OC)cc4C2C3=O)O1. The predicted molar refractivity (Wildman–Crippen MR) is 111 cm³/mol. The number of hydrogen-bond acceptors (Lipinski definition) is 6. The highest BCUT2D eigenvalue weighted by atomic mass is 19.1. The molecule has 0 aliphatic carbocycles. The number of methoxy groups -OCH3 is 2. The van der Waals surface area contributed by atoms with E-state index < -0.39 is 18.2 Å². The fourth-order valence-electron chi connectivity index (χ4n) is 4.64. The van der Waals surface area contributed by atoms with E-state index >= 15 is 0 Å². The van der Waals surface area contributed by atoms with Crippen molar-refractivity contribution < 1.29 is 32.9 Å². The first-order chi connectivity index (χ1) is 14.9. The van der Waals surface area contributed by atoms with Gasteiger partial charge in [-0.2, -0.15) is 0 Å². The average molecular weight is 426 g/mol. The Labute approximate surface area is 179 Å². The smallest absolute Gasteiger partial charge is 0.185 e. The molecule has 0 N–H and O–H groups in total. The van der Waals surface area contributed by atoms with Crippen LogP contribution in [0.4, 0.5) is 4.39 Å². The second kappa shape index (κ2) is 6.90. The van der Waals surface area contributed by atoms with Gasteiger partial charge in [-0.05, 0) is 30.7 Å². The summed E-state index contributed by atoms with van der Waals surface area (Å²) in [7, 11) is 3.02. The lowest BCUT2D eigenvalue weighted by Gasteiger charge is -2.45. The quantitative estimate of drug-likeness (QED) is 0.688. The summed E-state index contributed by atoms with van der Waals surface area (Å²) in [6.07, 6.45) is 0.329. The van der Waals surface area contributed by atoms with Crippen LogP contribution in [0.3, 0.4) is 0 Å². The lowest BCUT2D eigenvalue weighted by molar-refractivity contribution is -0.0376. The summed E-state index contributed by atoms with van der Waals surface area (Å²) in [4.78, 5) is 13.7. The van der Waals surface area contributed by atoms with Crippen molar-refractivity contribution in [2.24, 2.45) is 0 Å². The third-order valence-electron chi connectivity index (χ3n) is 6.31. The molecule has 0 aromatic heterocycles. The van der Waals surface area contributed by atoms with E-state index in [1.54, 1.807) is 24.3 Å². The Hall–Kier alpha value is -3.22. The number of ketones is 1. The molecule has 2 aromatic carbocycles. The number of carbonyl (C=O) groups is 1. The Morgan fingerprint density at radius 2 is 1.97 bits per heavy atom. The van der Waals surface area contributed by atoms with Crippen LogP contribution in [-0.2, 0) is 6.42 Å². The van der Waals surface area contributed by atoms with Gasteiger partial charge in [0.05, 0.1) is 25.7 Å². The van der Waals surface area contributed by atoms with E-state index in [2.05, 4.69) is 6.58 Å². The molecule has 0 saturated carbocycles. The predicted octanol–water partition coefficient (Wildman–Crippen LogP) is 4.04. The molecule has 7 heteroatoms. The lowest BCUT2D eigenvalue weighted by Crippen LogP contribution is -2.57. The van der Waals surface area contributed by atoms with Crippen molar-refractivity contribution in [2.45, 2.75) is 31.0 Å². The Bertz CT molecular complexity index is 1110. The monoisotopic (exact) mass is 426 g/mol. The van der Waals surface area contributed by atoms with Gasteiger partial charge >= 0.3 is 0 Å². The van der Waals surface area contributed by atoms with Crippen molar-refractivity contribution >= 4 is 5.78 Å². The number of hydrogen-bond donors (Lipinski definition) is 0. The minimum absolute atomic E-state index is 0.101. The van der Waals surface area contributed by atoms with Crippen molar-refractivity contribution in [2.75, 3.05) is 27.5 Å². The van der Waals surface area contributed by atoms with Crippen LogP contribution < -0.4 is 23.7 Å². The molecule has 0 bridgehead atoms. The second-order valence-corrected chi connectivity index (χ2v) is 8.21. The zero-order chi connectivity index (χ0) is 21.9. The third-order valence-corrected chi connectivity index (χ3v) is 6.31. The van der Waals surface area contributed by atoms with Crippen molar-refractivity contribution in [3.63, 3.8) is 0 Å². The maximum atomic E-state index is 14.6. The molecule has 3 unspecified atom stereocenters. The molecule has 3 aliphatic heterocycles. The summed E-state index contributed by atoms with van der Waals surface area (Å²) in [5.74, 6) is 1.30. The summed E-state index contributed by atoms with van der Waals surface area (Å²) < 4.78 is 43.4. The third kappa shape index (κ3) is 2.72. The molecular formula is C24H23FO6. The fraction of sp³-hybridized carbons (Fsp3) is 0.375. The largest absolute Gasteiger partial charge is 0.493 e. The highest BCUT2D eigenvalue weighted by Gasteiger charge is 2.56. The number of fused-ring (bicyclic) bond motifs is 6. The van der Waals surface area contributed by atoms with E-state index in [9.17, 15) is 9.18 Å². The molecule has 5 rings (SSSR count). The second-order valence-electron chi connectivity index (χ2n) is 8.21. The maximum absolute atomic E-state index is 14.6. The molecule has 6 nitrogen and oxygen atoms in total. The molecular weight excluding hydrogens is 403 g/mol. The zero-order valence-electron chi connectivity index (χ0n) is 17.6. The Morgan fingerprint density at radius 3 is 2.65 bits per heavy atom. The first-order valence-electron chi connectivity index (χ1n) is 10.1. The maximum Gasteiger partial charge on any atom is 0.185 e. The van der Waals surface area contributed by atoms with E-state index in [1.165, 1.54) is 14.2 Å². The average Bonchev–Trinajstić information content (AvgIpc) is 3.23. The highest BCUT2D eigenvalue weighted by molar-refractivity contribution is 6.06. The Balaban J connectivity index is 1.65. The molecule has 162 valence electrons. The van der Waals surface area contributed by atoms with Gasteiger partial charge in [0.25, 0.3) is 0 Å². The molecule has 3 heterocycles. The lowest BCUT2D eigenvalue weighted by atomic mass is 9.73. The minimum atomic E-state index is -1.47. The van der Waals surface area contributed by atoms with E-state index in [0.717, 1.165) is 11.1 Å². The van der Waals surface area contributed by atoms with Crippen LogP contribution in [0.25, 0.3) is 0 Å². The normalized spacial score (nSPS) is 25.1. The van der Waals surface area contributed by atoms with Gasteiger partial charge in [-0.3, -0.25) is 4.79 Å². The highest BCUT2D eigenvalue weighted by Crippen LogP contribution is 2.53. The van der Waals surface area contributed by atoms with E-state index in [-0.39, 0.29) is 18.5 Å². The summed E-state index contributed by atoms with van der Waals surface area (Å²) >= 11 is 0. The fourth-order valence-corrected chi connectivity index (χ4v) is 4.64. The van der Waals surface area contributed by atoms with Crippen LogP contribution in [0.2, 0.25) is 0 Å². The summed E-state index contributed by atoms with van der Waals surface area (Å²) in [6, 6.07) is 6.79. The van der Waals surface area contributed by atoms with Crippen LogP contribution in [-0.4, -0.2) is 45.0 Å². The standard InChI is InChI=1S/C24H23FO6/c1-12(2)17-8-15-16(30-17)6-5-13-22(26)21-14-7-19(27-3)20(28-4)9-18(14)29-11-24(21,10-25)31-23(13)15/h5-7,9,17,21H,1,8,10-11H2,2-4H3. The molecule has 3 aliphatic rings. The van der Waals surface area contributed by atoms with Gasteiger partial charge in [-0.15, -0.1) is 0 Å². The van der Waals surface area contributed by atoms with Crippen molar-refractivity contribution in [1.29, 1.82) is 0 Å². The van der Waals surface area contributed by atoms with Gasteiger partial charge in [0.1, 0.15) is 36.6 Å². The summed E-state index contributed by atoms with van der Waals surface area (Å²) in [5, 5.41) is 0. The number of Topliss-reactive ketones (excluding diaryl/α,β-unsaturated/α-hetero) is 1. The van der Waals surface area contributed by atoms with E-state index in [0.29, 0.717) is 46.3 Å². The van der Waals surface area contributed by atoms with Gasteiger partial charge in [-0.25, -0.2) is 4.39 Å². The topological polar surface area (TPSA) is 63.2 Å². The van der Waals surface area contributed by atoms with E-state index in [4.69, 9.17) is 23.7 Å². The van der Waals surface area contributed by atoms with Gasteiger partial charge in [0.15, 0.2) is 22.9 Å². The van der Waals surface area contributed by atoms with Gasteiger partial charge in [0.2, 0.25) is 0 Å². The number of benzene rings is 2. The number of carbonyl (C=O) groups excluding carboxylic acids is 1. The Morgan fingerprint density at radius 1 is 1.23 bits per heavy atom. The Kier molecular flexibility index (Phi) is 4.39. The van der Waals surface area contributed by atoms with Crippen LogP contribution in [0.5, 0.6) is 28.7 Å². The molecule has 2 aromatic rings. The van der Waals surface area contributed by atoms with Crippen LogP contribution in [0.1, 0.15) is 34.3 Å². The molecule has 0 amide bonds. The molecule has 0 spiro atoms. The van der Waals surface area contributed by atoms with Crippen LogP contribution in [0, 0.1) is 0 Å². The number of halogens is 1. The van der Waals surface area contributed by atoms with Crippen molar-refractivity contribution in [1.82, 2.24) is 0 Å². The first-order valence-corrected chi connectivity index (χ1v) is 10.1. The van der Waals surface area contributed by atoms with Gasteiger partial charge in [-0.1, -0.05) is 6.58 Å². The minimum Gasteiger partial charge on any atom is -0.493 e. The molecule has 0 saturated heterocycles. The van der Waals surface area contributed by atoms with Crippen molar-refractivity contribution in [3.05, 3.63) is 53.1 Å². The molecule has 31 heavy (non-hydrogen) atoms. The summed E-state index contributed by atoms with van der Waals surface area (Å²) in [6.45, 7) is 4.87. The van der Waals surface area contributed by atoms with E-state index in [1.807, 2.05) is 6.92 Å². The van der Waals surface area contributed by atoms with Crippen molar-refractivity contribution in [3.8, 4) is 28.7 Å². The van der Waals surface area contributed by atoms with Crippen LogP contribution >= 0.6 is 0 Å². The molecule has 3 atom stereocenters. The zero-order valence-corrected chi connectivity index (χ0v) is 17.6. The molecule has 0 fully saturated rings. The van der Waals surface area contributed by atoms with Gasteiger partial charge in [0, 0.05) is 23.6 Å². The molecule has 0 radical (unpaired) electrons. The van der Waals surface area contributed by atoms with Crippen LogP contribution in [0.15, 0.2) is 36.4 Å². The first kappa shape index (κ1) is 19.7. The number of rotatable bonds is 4. The summed E-state index contributed by atoms with van der Waals surface area (Å²) in [5.41, 5.74) is 1.12. The van der Waals surface area contributed by atoms with Gasteiger partial charge < -0.3 is 23.7 Å².